The molecule has 0 radical (unpaired) electrons. The zero-order chi connectivity index (χ0) is 20.9. The first kappa shape index (κ1) is 19.9. The van der Waals surface area contributed by atoms with Gasteiger partial charge in [0.15, 0.2) is 5.82 Å². The fourth-order valence-corrected chi connectivity index (χ4v) is 3.45. The van der Waals surface area contributed by atoms with Crippen molar-refractivity contribution >= 4 is 29.1 Å². The number of hydrogen-bond donors (Lipinski definition) is 1. The van der Waals surface area contributed by atoms with E-state index in [0.717, 1.165) is 17.1 Å². The molecule has 154 valence electrons. The van der Waals surface area contributed by atoms with Crippen LogP contribution in [0, 0.1) is 0 Å². The van der Waals surface area contributed by atoms with E-state index in [9.17, 15) is 4.79 Å². The molecule has 0 aliphatic carbocycles. The van der Waals surface area contributed by atoms with Crippen LogP contribution >= 0.6 is 11.6 Å². The molecule has 1 aliphatic heterocycles. The van der Waals surface area contributed by atoms with Gasteiger partial charge in [0.1, 0.15) is 5.75 Å². The maximum Gasteiger partial charge on any atom is 0.322 e. The fourth-order valence-electron chi connectivity index (χ4n) is 3.28. The van der Waals surface area contributed by atoms with Gasteiger partial charge in [-0.05, 0) is 42.5 Å². The number of piperazine rings is 1. The molecule has 0 saturated carbocycles. The van der Waals surface area contributed by atoms with Crippen molar-refractivity contribution in [3.8, 4) is 17.0 Å². The molecule has 0 atom stereocenters. The lowest BCUT2D eigenvalue weighted by Crippen LogP contribution is -2.50. The first-order valence-corrected chi connectivity index (χ1v) is 9.90. The van der Waals surface area contributed by atoms with Crippen molar-refractivity contribution in [3.05, 3.63) is 59.9 Å². The molecule has 3 heterocycles. The predicted octanol–water partition coefficient (Wildman–Crippen LogP) is 3.55. The van der Waals surface area contributed by atoms with Gasteiger partial charge in [0.05, 0.1) is 18.5 Å². The van der Waals surface area contributed by atoms with E-state index in [1.54, 1.807) is 42.6 Å². The molecule has 2 aromatic heterocycles. The molecular weight excluding hydrogens is 404 g/mol. The molecule has 0 spiro atoms. The molecule has 3 aromatic rings. The first-order chi connectivity index (χ1) is 14.6. The van der Waals surface area contributed by atoms with Crippen LogP contribution in [0.3, 0.4) is 0 Å². The van der Waals surface area contributed by atoms with Crippen molar-refractivity contribution < 1.29 is 9.53 Å². The lowest BCUT2D eigenvalue weighted by Gasteiger charge is -2.35. The van der Waals surface area contributed by atoms with E-state index in [1.807, 2.05) is 24.3 Å². The Morgan fingerprint density at radius 1 is 1.03 bits per heavy atom. The van der Waals surface area contributed by atoms with E-state index in [0.29, 0.717) is 42.6 Å². The smallest absolute Gasteiger partial charge is 0.322 e. The Balaban J connectivity index is 1.36. The summed E-state index contributed by atoms with van der Waals surface area (Å²) < 4.78 is 5.29. The quantitative estimate of drug-likeness (QED) is 0.689. The van der Waals surface area contributed by atoms with E-state index in [4.69, 9.17) is 16.3 Å². The molecule has 9 heteroatoms. The lowest BCUT2D eigenvalue weighted by molar-refractivity contribution is 0.208. The van der Waals surface area contributed by atoms with Gasteiger partial charge >= 0.3 is 6.03 Å². The minimum atomic E-state index is -0.186. The molecule has 1 N–H and O–H groups in total. The summed E-state index contributed by atoms with van der Waals surface area (Å²) >= 11 is 6.04. The third-order valence-electron chi connectivity index (χ3n) is 4.92. The maximum absolute atomic E-state index is 12.7. The number of ether oxygens (including phenoxy) is 1. The van der Waals surface area contributed by atoms with E-state index in [-0.39, 0.29) is 6.03 Å². The van der Waals surface area contributed by atoms with Gasteiger partial charge in [-0.2, -0.15) is 0 Å². The molecule has 8 nitrogen and oxygen atoms in total. The second-order valence-electron chi connectivity index (χ2n) is 6.76. The summed E-state index contributed by atoms with van der Waals surface area (Å²) in [4.78, 5) is 20.6. The van der Waals surface area contributed by atoms with Gasteiger partial charge in [0.2, 0.25) is 0 Å². The van der Waals surface area contributed by atoms with Crippen LogP contribution in [-0.4, -0.2) is 59.4 Å². The van der Waals surface area contributed by atoms with Crippen LogP contribution in [0.1, 0.15) is 0 Å². The average Bonchev–Trinajstić information content (AvgIpc) is 2.80. The summed E-state index contributed by atoms with van der Waals surface area (Å²) in [5.74, 6) is 1.36. The van der Waals surface area contributed by atoms with Crippen molar-refractivity contribution in [1.82, 2.24) is 20.1 Å². The topological polar surface area (TPSA) is 83.5 Å². The highest BCUT2D eigenvalue weighted by Crippen LogP contribution is 2.28. The van der Waals surface area contributed by atoms with Crippen molar-refractivity contribution in [3.63, 3.8) is 0 Å². The number of aromatic nitrogens is 3. The number of carbonyl (C=O) groups excluding carboxylic acids is 1. The van der Waals surface area contributed by atoms with E-state index in [1.165, 1.54) is 0 Å². The summed E-state index contributed by atoms with van der Waals surface area (Å²) in [5, 5.41) is 12.1. The van der Waals surface area contributed by atoms with Gasteiger partial charge in [0, 0.05) is 49.2 Å². The van der Waals surface area contributed by atoms with Crippen molar-refractivity contribution in [1.29, 1.82) is 0 Å². The third kappa shape index (κ3) is 4.44. The molecule has 30 heavy (non-hydrogen) atoms. The molecule has 1 aliphatic rings. The number of anilines is 2. The lowest BCUT2D eigenvalue weighted by atomic mass is 10.2. The minimum Gasteiger partial charge on any atom is -0.495 e. The monoisotopic (exact) mass is 424 g/mol. The van der Waals surface area contributed by atoms with Crippen LogP contribution in [0.25, 0.3) is 11.3 Å². The van der Waals surface area contributed by atoms with Crippen molar-refractivity contribution in [2.24, 2.45) is 0 Å². The standard InChI is InChI=1S/C21H21ClN6O2/c1-30-19-4-2-16(22)14-18(19)24-21(29)28-12-10-27(11-13-28)20-5-3-17(25-26-20)15-6-8-23-9-7-15/h2-9,14H,10-13H2,1H3,(H,24,29). The number of amides is 2. The van der Waals surface area contributed by atoms with Crippen LogP contribution in [0.4, 0.5) is 16.3 Å². The van der Waals surface area contributed by atoms with Crippen LogP contribution in [0.15, 0.2) is 54.9 Å². The second-order valence-corrected chi connectivity index (χ2v) is 7.20. The number of halogens is 1. The fraction of sp³-hybridized carbons (Fsp3) is 0.238. The number of carbonyl (C=O) groups is 1. The molecule has 1 fully saturated rings. The number of urea groups is 1. The van der Waals surface area contributed by atoms with Crippen LogP contribution in [0.5, 0.6) is 5.75 Å². The number of nitrogens with zero attached hydrogens (tertiary/aromatic N) is 5. The Labute approximate surface area is 179 Å². The van der Waals surface area contributed by atoms with Gasteiger partial charge in [-0.15, -0.1) is 10.2 Å². The van der Waals surface area contributed by atoms with Gasteiger partial charge < -0.3 is 19.9 Å². The highest BCUT2D eigenvalue weighted by Gasteiger charge is 2.23. The van der Waals surface area contributed by atoms with Crippen molar-refractivity contribution in [2.75, 3.05) is 43.5 Å². The number of methoxy groups -OCH3 is 1. The summed E-state index contributed by atoms with van der Waals surface area (Å²) in [6.45, 7) is 2.48. The Morgan fingerprint density at radius 3 is 2.47 bits per heavy atom. The summed E-state index contributed by atoms with van der Waals surface area (Å²) in [7, 11) is 1.55. The second kappa shape index (κ2) is 8.96. The maximum atomic E-state index is 12.7. The van der Waals surface area contributed by atoms with Gasteiger partial charge in [0.25, 0.3) is 0 Å². The highest BCUT2D eigenvalue weighted by atomic mass is 35.5. The average molecular weight is 425 g/mol. The number of pyridine rings is 1. The molecule has 1 aromatic carbocycles. The molecule has 2 amide bonds. The first-order valence-electron chi connectivity index (χ1n) is 9.52. The highest BCUT2D eigenvalue weighted by molar-refractivity contribution is 6.31. The van der Waals surface area contributed by atoms with Gasteiger partial charge in [-0.25, -0.2) is 4.79 Å². The Morgan fingerprint density at radius 2 is 1.80 bits per heavy atom. The zero-order valence-corrected chi connectivity index (χ0v) is 17.2. The van der Waals surface area contributed by atoms with Crippen LogP contribution < -0.4 is 15.0 Å². The number of benzene rings is 1. The normalized spacial score (nSPS) is 13.8. The largest absolute Gasteiger partial charge is 0.495 e. The third-order valence-corrected chi connectivity index (χ3v) is 5.16. The Hall–Kier alpha value is -3.39. The molecule has 4 rings (SSSR count). The van der Waals surface area contributed by atoms with Crippen LogP contribution in [-0.2, 0) is 0 Å². The Bertz CT molecular complexity index is 1010. The van der Waals surface area contributed by atoms with E-state index >= 15 is 0 Å². The number of nitrogens with one attached hydrogen (secondary N) is 1. The predicted molar refractivity (Wildman–Crippen MR) is 116 cm³/mol. The van der Waals surface area contributed by atoms with Gasteiger partial charge in [-0.3, -0.25) is 4.98 Å². The van der Waals surface area contributed by atoms with E-state index < -0.39 is 0 Å². The molecule has 0 unspecified atom stereocenters. The van der Waals surface area contributed by atoms with Gasteiger partial charge in [-0.1, -0.05) is 11.6 Å². The Kier molecular flexibility index (Phi) is 5.94. The molecular formula is C21H21ClN6O2. The van der Waals surface area contributed by atoms with Crippen molar-refractivity contribution in [2.45, 2.75) is 0 Å². The van der Waals surface area contributed by atoms with Crippen LogP contribution in [0.2, 0.25) is 5.02 Å². The molecule has 0 bridgehead atoms. The zero-order valence-electron chi connectivity index (χ0n) is 16.5. The SMILES string of the molecule is COc1ccc(Cl)cc1NC(=O)N1CCN(c2ccc(-c3ccncc3)nn2)CC1. The minimum absolute atomic E-state index is 0.186. The number of rotatable bonds is 4. The summed E-state index contributed by atoms with van der Waals surface area (Å²) in [6, 6.07) is 12.6. The summed E-state index contributed by atoms with van der Waals surface area (Å²) in [6.07, 6.45) is 3.46. The number of hydrogen-bond acceptors (Lipinski definition) is 6. The van der Waals surface area contributed by atoms with E-state index in [2.05, 4.69) is 25.4 Å². The summed E-state index contributed by atoms with van der Waals surface area (Å²) in [5.41, 5.74) is 2.33. The molecule has 1 saturated heterocycles.